The molecule has 1 aromatic carbocycles. The molecular weight excluding hydrogens is 264 g/mol. The number of aryl methyl sites for hydroxylation is 1. The third kappa shape index (κ3) is 3.34. The molecule has 1 aromatic heterocycles. The first-order valence-electron chi connectivity index (χ1n) is 7.28. The molecule has 0 aliphatic rings. The predicted molar refractivity (Wildman–Crippen MR) is 86.2 cm³/mol. The standard InChI is InChI=1S/C17H22N2O2/c1-4-21-17(20)14(9-7-11-18-3)16-12(2)13-8-5-6-10-15(13)19-16/h5-6,8-10,18-19H,4,7,11H2,1-3H3/b14-9+. The molecule has 0 unspecified atom stereocenters. The zero-order chi connectivity index (χ0) is 15.2. The number of ether oxygens (including phenoxy) is 1. The minimum absolute atomic E-state index is 0.275. The molecule has 4 heteroatoms. The first kappa shape index (κ1) is 15.3. The number of nitrogens with one attached hydrogen (secondary N) is 2. The highest BCUT2D eigenvalue weighted by atomic mass is 16.5. The number of carbonyl (C=O) groups excluding carboxylic acids is 1. The second-order valence-corrected chi connectivity index (χ2v) is 4.90. The van der Waals surface area contributed by atoms with Crippen LogP contribution in [0.2, 0.25) is 0 Å². The molecule has 0 saturated heterocycles. The number of rotatable bonds is 6. The number of fused-ring (bicyclic) bond motifs is 1. The highest BCUT2D eigenvalue weighted by Gasteiger charge is 2.18. The summed E-state index contributed by atoms with van der Waals surface area (Å²) < 4.78 is 5.19. The van der Waals surface area contributed by atoms with Crippen LogP contribution in [-0.4, -0.2) is 31.2 Å². The lowest BCUT2D eigenvalue weighted by atomic mass is 10.1. The summed E-state index contributed by atoms with van der Waals surface area (Å²) in [6, 6.07) is 8.06. The second kappa shape index (κ2) is 7.09. The molecule has 21 heavy (non-hydrogen) atoms. The van der Waals surface area contributed by atoms with Gasteiger partial charge < -0.3 is 15.0 Å². The highest BCUT2D eigenvalue weighted by Crippen LogP contribution is 2.27. The van der Waals surface area contributed by atoms with Crippen LogP contribution in [0.4, 0.5) is 0 Å². The fourth-order valence-corrected chi connectivity index (χ4v) is 2.41. The van der Waals surface area contributed by atoms with Gasteiger partial charge >= 0.3 is 5.97 Å². The first-order valence-corrected chi connectivity index (χ1v) is 7.28. The van der Waals surface area contributed by atoms with E-state index in [1.54, 1.807) is 0 Å². The van der Waals surface area contributed by atoms with Crippen LogP contribution in [0.1, 0.15) is 24.6 Å². The van der Waals surface area contributed by atoms with Gasteiger partial charge in [0.05, 0.1) is 17.9 Å². The van der Waals surface area contributed by atoms with Crippen LogP contribution in [0.15, 0.2) is 30.3 Å². The van der Waals surface area contributed by atoms with Crippen LogP contribution in [0, 0.1) is 6.92 Å². The van der Waals surface area contributed by atoms with Crippen LogP contribution < -0.4 is 5.32 Å². The number of carbonyl (C=O) groups is 1. The lowest BCUT2D eigenvalue weighted by Gasteiger charge is -2.07. The van der Waals surface area contributed by atoms with Crippen molar-refractivity contribution >= 4 is 22.4 Å². The average molecular weight is 286 g/mol. The summed E-state index contributed by atoms with van der Waals surface area (Å²) in [4.78, 5) is 15.6. The zero-order valence-corrected chi connectivity index (χ0v) is 12.8. The average Bonchev–Trinajstić information content (AvgIpc) is 2.81. The summed E-state index contributed by atoms with van der Waals surface area (Å²) in [5, 5.41) is 4.22. The van der Waals surface area contributed by atoms with E-state index in [9.17, 15) is 4.79 Å². The van der Waals surface area contributed by atoms with E-state index < -0.39 is 0 Å². The molecule has 0 aliphatic heterocycles. The molecule has 0 amide bonds. The van der Waals surface area contributed by atoms with E-state index in [0.717, 1.165) is 35.1 Å². The number of H-pyrrole nitrogens is 1. The summed E-state index contributed by atoms with van der Waals surface area (Å²) in [6.45, 7) is 5.05. The van der Waals surface area contributed by atoms with E-state index in [2.05, 4.69) is 16.4 Å². The highest BCUT2D eigenvalue weighted by molar-refractivity contribution is 6.17. The molecule has 2 rings (SSSR count). The molecule has 1 heterocycles. The van der Waals surface area contributed by atoms with E-state index >= 15 is 0 Å². The third-order valence-corrected chi connectivity index (χ3v) is 3.47. The Balaban J connectivity index is 2.45. The van der Waals surface area contributed by atoms with Crippen LogP contribution >= 0.6 is 0 Å². The van der Waals surface area contributed by atoms with Gasteiger partial charge in [-0.15, -0.1) is 0 Å². The Bertz CT molecular complexity index is 656. The van der Waals surface area contributed by atoms with Crippen LogP contribution in [0.5, 0.6) is 0 Å². The van der Waals surface area contributed by atoms with E-state index in [0.29, 0.717) is 12.2 Å². The minimum atomic E-state index is -0.275. The molecule has 2 N–H and O–H groups in total. The lowest BCUT2D eigenvalue weighted by Crippen LogP contribution is -2.10. The van der Waals surface area contributed by atoms with Gasteiger partial charge in [-0.25, -0.2) is 4.79 Å². The molecule has 0 radical (unpaired) electrons. The summed E-state index contributed by atoms with van der Waals surface area (Å²) >= 11 is 0. The molecule has 4 nitrogen and oxygen atoms in total. The third-order valence-electron chi connectivity index (χ3n) is 3.47. The van der Waals surface area contributed by atoms with Gasteiger partial charge in [0, 0.05) is 10.9 Å². The molecule has 0 aliphatic carbocycles. The van der Waals surface area contributed by atoms with Crippen LogP contribution in [-0.2, 0) is 9.53 Å². The van der Waals surface area contributed by atoms with Crippen molar-refractivity contribution in [3.63, 3.8) is 0 Å². The number of benzene rings is 1. The fourth-order valence-electron chi connectivity index (χ4n) is 2.41. The Morgan fingerprint density at radius 2 is 2.14 bits per heavy atom. The predicted octanol–water partition coefficient (Wildman–Crippen LogP) is 3.03. The zero-order valence-electron chi connectivity index (χ0n) is 12.8. The number of hydrogen-bond donors (Lipinski definition) is 2. The van der Waals surface area contributed by atoms with Crippen LogP contribution in [0.25, 0.3) is 16.5 Å². The number of esters is 1. The van der Waals surface area contributed by atoms with Gasteiger partial charge in [-0.2, -0.15) is 0 Å². The fraction of sp³-hybridized carbons (Fsp3) is 0.353. The van der Waals surface area contributed by atoms with E-state index in [-0.39, 0.29) is 5.97 Å². The van der Waals surface area contributed by atoms with Gasteiger partial charge in [-0.05, 0) is 45.5 Å². The minimum Gasteiger partial charge on any atom is -0.462 e. The van der Waals surface area contributed by atoms with Gasteiger partial charge in [0.2, 0.25) is 0 Å². The SMILES string of the molecule is CCOC(=O)/C(=C/CCNC)c1[nH]c2ccccc2c1C. The molecule has 0 spiro atoms. The maximum Gasteiger partial charge on any atom is 0.339 e. The van der Waals surface area contributed by atoms with Crippen molar-refractivity contribution in [1.82, 2.24) is 10.3 Å². The Kier molecular flexibility index (Phi) is 5.17. The van der Waals surface area contributed by atoms with Gasteiger partial charge in [0.1, 0.15) is 0 Å². The van der Waals surface area contributed by atoms with Crippen molar-refractivity contribution in [2.45, 2.75) is 20.3 Å². The summed E-state index contributed by atoms with van der Waals surface area (Å²) in [6.07, 6.45) is 2.71. The Morgan fingerprint density at radius 3 is 2.81 bits per heavy atom. The maximum atomic E-state index is 12.2. The van der Waals surface area contributed by atoms with Gasteiger partial charge in [-0.1, -0.05) is 24.3 Å². The first-order chi connectivity index (χ1) is 10.2. The number of para-hydroxylation sites is 1. The summed E-state index contributed by atoms with van der Waals surface area (Å²) in [5.74, 6) is -0.275. The monoisotopic (exact) mass is 286 g/mol. The molecule has 0 bridgehead atoms. The summed E-state index contributed by atoms with van der Waals surface area (Å²) in [5.41, 5.74) is 3.58. The molecule has 2 aromatic rings. The Hall–Kier alpha value is -2.07. The largest absolute Gasteiger partial charge is 0.462 e. The Morgan fingerprint density at radius 1 is 1.38 bits per heavy atom. The lowest BCUT2D eigenvalue weighted by molar-refractivity contribution is -0.136. The molecule has 0 fully saturated rings. The number of aromatic nitrogens is 1. The van der Waals surface area contributed by atoms with Crippen molar-refractivity contribution in [3.05, 3.63) is 41.6 Å². The van der Waals surface area contributed by atoms with Crippen molar-refractivity contribution < 1.29 is 9.53 Å². The summed E-state index contributed by atoms with van der Waals surface area (Å²) in [7, 11) is 1.89. The van der Waals surface area contributed by atoms with E-state index in [1.165, 1.54) is 0 Å². The number of aromatic amines is 1. The molecular formula is C17H22N2O2. The molecule has 112 valence electrons. The van der Waals surface area contributed by atoms with Crippen molar-refractivity contribution in [2.24, 2.45) is 0 Å². The Labute approximate surface area is 125 Å². The number of hydrogen-bond acceptors (Lipinski definition) is 3. The van der Waals surface area contributed by atoms with Crippen LogP contribution in [0.3, 0.4) is 0 Å². The molecule has 0 saturated carbocycles. The van der Waals surface area contributed by atoms with Gasteiger partial charge in [0.25, 0.3) is 0 Å². The smallest absolute Gasteiger partial charge is 0.339 e. The van der Waals surface area contributed by atoms with Crippen molar-refractivity contribution in [2.75, 3.05) is 20.2 Å². The van der Waals surface area contributed by atoms with Crippen molar-refractivity contribution in [3.8, 4) is 0 Å². The second-order valence-electron chi connectivity index (χ2n) is 4.90. The van der Waals surface area contributed by atoms with Gasteiger partial charge in [0.15, 0.2) is 0 Å². The normalized spacial score (nSPS) is 11.9. The quantitative estimate of drug-likeness (QED) is 0.487. The topological polar surface area (TPSA) is 54.1 Å². The molecule has 0 atom stereocenters. The maximum absolute atomic E-state index is 12.2. The van der Waals surface area contributed by atoms with E-state index in [1.807, 2.05) is 45.2 Å². The van der Waals surface area contributed by atoms with Crippen molar-refractivity contribution in [1.29, 1.82) is 0 Å². The van der Waals surface area contributed by atoms with Gasteiger partial charge in [-0.3, -0.25) is 0 Å². The van der Waals surface area contributed by atoms with E-state index in [4.69, 9.17) is 4.74 Å².